The summed E-state index contributed by atoms with van der Waals surface area (Å²) in [6, 6.07) is 0. The molecule has 0 aromatic rings. The van der Waals surface area contributed by atoms with E-state index in [0.717, 1.165) is 19.4 Å². The largest absolute Gasteiger partial charge is 0.320 e. The molecule has 0 aliphatic rings. The predicted octanol–water partition coefficient (Wildman–Crippen LogP) is 2.77. The zero-order chi connectivity index (χ0) is 10.8. The first-order chi connectivity index (χ1) is 6.68. The van der Waals surface area contributed by atoms with E-state index in [0.29, 0.717) is 5.78 Å². The summed E-state index contributed by atoms with van der Waals surface area (Å²) in [4.78, 5) is 11.3. The van der Waals surface area contributed by atoms with Crippen molar-refractivity contribution in [3.8, 4) is 0 Å². The van der Waals surface area contributed by atoms with E-state index in [-0.39, 0.29) is 5.92 Å². The van der Waals surface area contributed by atoms with Crippen LogP contribution in [0.4, 0.5) is 0 Å². The predicted molar refractivity (Wildman–Crippen MR) is 61.5 cm³/mol. The molecule has 84 valence electrons. The Kier molecular flexibility index (Phi) is 8.95. The van der Waals surface area contributed by atoms with Gasteiger partial charge in [-0.1, -0.05) is 33.1 Å². The Bertz CT molecular complexity index is 143. The van der Waals surface area contributed by atoms with Gasteiger partial charge in [-0.3, -0.25) is 4.79 Å². The van der Waals surface area contributed by atoms with Gasteiger partial charge in [0.05, 0.1) is 0 Å². The molecule has 0 aromatic heterocycles. The van der Waals surface area contributed by atoms with Crippen LogP contribution in [0.15, 0.2) is 0 Å². The van der Waals surface area contributed by atoms with Crippen LogP contribution >= 0.6 is 0 Å². The molecular weight excluding hydrogens is 174 g/mol. The summed E-state index contributed by atoms with van der Waals surface area (Å²) in [6.45, 7) is 5.08. The monoisotopic (exact) mass is 199 g/mol. The molecule has 2 nitrogen and oxygen atoms in total. The number of Topliss-reactive ketones (excluding diaryl/α,β-unsaturated/α-hetero) is 1. The third-order valence-corrected chi connectivity index (χ3v) is 2.49. The lowest BCUT2D eigenvalue weighted by atomic mass is 10.0. The maximum Gasteiger partial charge on any atom is 0.135 e. The van der Waals surface area contributed by atoms with Crippen LogP contribution in [0, 0.1) is 5.92 Å². The summed E-state index contributed by atoms with van der Waals surface area (Å²) in [5, 5.41) is 3.14. The molecule has 0 aromatic carbocycles. The lowest BCUT2D eigenvalue weighted by Crippen LogP contribution is -2.07. The molecule has 1 N–H and O–H groups in total. The summed E-state index contributed by atoms with van der Waals surface area (Å²) >= 11 is 0. The van der Waals surface area contributed by atoms with Gasteiger partial charge in [-0.05, 0) is 26.4 Å². The Labute approximate surface area is 88.5 Å². The van der Waals surface area contributed by atoms with Gasteiger partial charge >= 0.3 is 0 Å². The number of unbranched alkanes of at least 4 members (excludes halogenated alkanes) is 4. The smallest absolute Gasteiger partial charge is 0.135 e. The minimum atomic E-state index is 0.222. The highest BCUT2D eigenvalue weighted by Gasteiger charge is 2.05. The van der Waals surface area contributed by atoms with E-state index in [1.165, 1.54) is 25.7 Å². The Morgan fingerprint density at radius 1 is 1.07 bits per heavy atom. The molecule has 0 rings (SSSR count). The summed E-state index contributed by atoms with van der Waals surface area (Å²) < 4.78 is 0. The maximum atomic E-state index is 11.3. The van der Waals surface area contributed by atoms with E-state index < -0.39 is 0 Å². The van der Waals surface area contributed by atoms with E-state index >= 15 is 0 Å². The molecule has 0 aliphatic heterocycles. The number of hydrogen-bond acceptors (Lipinski definition) is 2. The van der Waals surface area contributed by atoms with Gasteiger partial charge in [0.15, 0.2) is 0 Å². The van der Waals surface area contributed by atoms with Gasteiger partial charge < -0.3 is 5.32 Å². The van der Waals surface area contributed by atoms with Crippen LogP contribution in [-0.2, 0) is 4.79 Å². The van der Waals surface area contributed by atoms with Crippen molar-refractivity contribution < 1.29 is 4.79 Å². The highest BCUT2D eigenvalue weighted by Crippen LogP contribution is 2.08. The Hall–Kier alpha value is -0.370. The molecule has 0 atom stereocenters. The number of rotatable bonds is 9. The van der Waals surface area contributed by atoms with Crippen molar-refractivity contribution in [1.29, 1.82) is 0 Å². The second-order valence-electron chi connectivity index (χ2n) is 4.24. The van der Waals surface area contributed by atoms with Gasteiger partial charge in [-0.2, -0.15) is 0 Å². The van der Waals surface area contributed by atoms with Crippen molar-refractivity contribution >= 4 is 5.78 Å². The average molecular weight is 199 g/mol. The van der Waals surface area contributed by atoms with Crippen LogP contribution in [0.3, 0.4) is 0 Å². The first-order valence-electron chi connectivity index (χ1n) is 5.85. The summed E-state index contributed by atoms with van der Waals surface area (Å²) in [5.41, 5.74) is 0. The highest BCUT2D eigenvalue weighted by molar-refractivity contribution is 5.80. The Balaban J connectivity index is 3.10. The molecule has 0 bridgehead atoms. The third kappa shape index (κ3) is 8.24. The van der Waals surface area contributed by atoms with Crippen molar-refractivity contribution in [1.82, 2.24) is 5.32 Å². The molecule has 0 saturated heterocycles. The number of nitrogens with one attached hydrogen (secondary N) is 1. The van der Waals surface area contributed by atoms with Crippen LogP contribution < -0.4 is 5.32 Å². The molecule has 0 saturated carbocycles. The highest BCUT2D eigenvalue weighted by atomic mass is 16.1. The molecule has 14 heavy (non-hydrogen) atoms. The molecule has 0 unspecified atom stereocenters. The van der Waals surface area contributed by atoms with E-state index in [9.17, 15) is 4.79 Å². The topological polar surface area (TPSA) is 29.1 Å². The first kappa shape index (κ1) is 13.6. The molecule has 0 amide bonds. The molecule has 0 heterocycles. The SMILES string of the molecule is CNCCCCCCCC(=O)C(C)C. The van der Waals surface area contributed by atoms with Gasteiger partial charge in [0, 0.05) is 12.3 Å². The summed E-state index contributed by atoms with van der Waals surface area (Å²) in [7, 11) is 1.99. The van der Waals surface area contributed by atoms with Crippen molar-refractivity contribution in [2.45, 2.75) is 52.4 Å². The van der Waals surface area contributed by atoms with Gasteiger partial charge in [0.25, 0.3) is 0 Å². The van der Waals surface area contributed by atoms with E-state index in [1.54, 1.807) is 0 Å². The molecule has 0 fully saturated rings. The molecule has 0 radical (unpaired) electrons. The minimum Gasteiger partial charge on any atom is -0.320 e. The normalized spacial score (nSPS) is 10.9. The summed E-state index contributed by atoms with van der Waals surface area (Å²) in [6.07, 6.45) is 6.89. The maximum absolute atomic E-state index is 11.3. The lowest BCUT2D eigenvalue weighted by Gasteiger charge is -2.03. The number of ketones is 1. The fraction of sp³-hybridized carbons (Fsp3) is 0.917. The van der Waals surface area contributed by atoms with Crippen LogP contribution in [0.5, 0.6) is 0 Å². The van der Waals surface area contributed by atoms with Crippen LogP contribution in [0.2, 0.25) is 0 Å². The molecule has 0 spiro atoms. The molecule has 2 heteroatoms. The summed E-state index contributed by atoms with van der Waals surface area (Å²) in [5.74, 6) is 0.638. The zero-order valence-corrected chi connectivity index (χ0v) is 9.94. The van der Waals surface area contributed by atoms with Crippen LogP contribution in [0.1, 0.15) is 52.4 Å². The fourth-order valence-electron chi connectivity index (χ4n) is 1.42. The van der Waals surface area contributed by atoms with E-state index in [2.05, 4.69) is 5.32 Å². The van der Waals surface area contributed by atoms with Crippen LogP contribution in [-0.4, -0.2) is 19.4 Å². The number of carbonyl (C=O) groups is 1. The molecular formula is C12H25NO. The molecule has 0 aliphatic carbocycles. The number of hydrogen-bond donors (Lipinski definition) is 1. The van der Waals surface area contributed by atoms with Gasteiger partial charge in [0.1, 0.15) is 5.78 Å². The average Bonchev–Trinajstić information content (AvgIpc) is 2.16. The van der Waals surface area contributed by atoms with Crippen LogP contribution in [0.25, 0.3) is 0 Å². The lowest BCUT2D eigenvalue weighted by molar-refractivity contribution is -0.122. The second kappa shape index (κ2) is 9.20. The first-order valence-corrected chi connectivity index (χ1v) is 5.85. The van der Waals surface area contributed by atoms with Gasteiger partial charge in [0.2, 0.25) is 0 Å². The number of carbonyl (C=O) groups excluding carboxylic acids is 1. The Morgan fingerprint density at radius 2 is 1.64 bits per heavy atom. The van der Waals surface area contributed by atoms with Crippen molar-refractivity contribution in [3.63, 3.8) is 0 Å². The third-order valence-electron chi connectivity index (χ3n) is 2.49. The zero-order valence-electron chi connectivity index (χ0n) is 9.94. The second-order valence-corrected chi connectivity index (χ2v) is 4.24. The van der Waals surface area contributed by atoms with Crippen molar-refractivity contribution in [2.75, 3.05) is 13.6 Å². The van der Waals surface area contributed by atoms with Gasteiger partial charge in [-0.25, -0.2) is 0 Å². The minimum absolute atomic E-state index is 0.222. The van der Waals surface area contributed by atoms with Crippen molar-refractivity contribution in [2.24, 2.45) is 5.92 Å². The quantitative estimate of drug-likeness (QED) is 0.579. The van der Waals surface area contributed by atoms with E-state index in [4.69, 9.17) is 0 Å². The Morgan fingerprint density at radius 3 is 2.21 bits per heavy atom. The standard InChI is InChI=1S/C12H25NO/c1-11(2)12(14)9-7-5-4-6-8-10-13-3/h11,13H,4-10H2,1-3H3. The van der Waals surface area contributed by atoms with Crippen molar-refractivity contribution in [3.05, 3.63) is 0 Å². The van der Waals surface area contributed by atoms with Gasteiger partial charge in [-0.15, -0.1) is 0 Å². The fourth-order valence-corrected chi connectivity index (χ4v) is 1.42. The van der Waals surface area contributed by atoms with E-state index in [1.807, 2.05) is 20.9 Å².